The summed E-state index contributed by atoms with van der Waals surface area (Å²) in [5, 5.41) is 13.2. The van der Waals surface area contributed by atoms with Gasteiger partial charge in [-0.1, -0.05) is 33.3 Å². The van der Waals surface area contributed by atoms with Crippen LogP contribution in [0.5, 0.6) is 0 Å². The predicted molar refractivity (Wildman–Crippen MR) is 104 cm³/mol. The van der Waals surface area contributed by atoms with Crippen LogP contribution in [0.4, 0.5) is 32.6 Å². The third kappa shape index (κ3) is 7.97. The van der Waals surface area contributed by atoms with Crippen LogP contribution in [0.1, 0.15) is 25.8 Å². The molecule has 2 aromatic rings. The Morgan fingerprint density at radius 3 is 2.36 bits per heavy atom. The third-order valence-electron chi connectivity index (χ3n) is 3.88. The van der Waals surface area contributed by atoms with Crippen molar-refractivity contribution in [3.8, 4) is 11.4 Å². The summed E-state index contributed by atoms with van der Waals surface area (Å²) in [6.45, 7) is 3.67. The number of aliphatic hydroxyl groups is 1. The molecule has 1 aromatic carbocycles. The van der Waals surface area contributed by atoms with Gasteiger partial charge in [0.25, 0.3) is 5.91 Å². The molecule has 0 aliphatic rings. The van der Waals surface area contributed by atoms with Crippen molar-refractivity contribution in [1.82, 2.24) is 25.6 Å². The Balaban J connectivity index is 2.27. The van der Waals surface area contributed by atoms with Gasteiger partial charge >= 0.3 is 16.4 Å². The quantitative estimate of drug-likeness (QED) is 0.200. The van der Waals surface area contributed by atoms with E-state index < -0.39 is 56.4 Å². The van der Waals surface area contributed by atoms with E-state index in [1.807, 2.05) is 13.8 Å². The van der Waals surface area contributed by atoms with E-state index in [0.29, 0.717) is 6.42 Å². The second kappa shape index (κ2) is 8.25. The number of nitrogens with zero attached hydrogens (tertiary/aromatic N) is 3. The van der Waals surface area contributed by atoms with Crippen molar-refractivity contribution in [2.45, 2.75) is 37.6 Å². The fraction of sp³-hybridized carbons (Fsp3) is 0.353. The molecule has 0 aliphatic carbocycles. The van der Waals surface area contributed by atoms with E-state index in [0.717, 1.165) is 23.3 Å². The summed E-state index contributed by atoms with van der Waals surface area (Å²) in [7, 11) is -10.4. The first kappa shape index (κ1) is 26.5. The molecule has 0 radical (unpaired) electrons. The zero-order valence-corrected chi connectivity index (χ0v) is 17.8. The molecule has 0 fully saturated rings. The number of rotatable bonds is 8. The largest absolute Gasteiger partial charge is 0.416 e. The highest BCUT2D eigenvalue weighted by atomic mass is 32.5. The molecule has 1 atom stereocenters. The van der Waals surface area contributed by atoms with Gasteiger partial charge in [0.1, 0.15) is 17.5 Å². The van der Waals surface area contributed by atoms with Crippen LogP contribution in [0.3, 0.4) is 0 Å². The second-order valence-corrected chi connectivity index (χ2v) is 9.77. The zero-order valence-electron chi connectivity index (χ0n) is 17.0. The smallest absolute Gasteiger partial charge is 0.377 e. The number of carbonyl (C=O) groups is 1. The molecule has 1 amide bonds. The highest BCUT2D eigenvalue weighted by Gasteiger charge is 2.66. The number of alkyl halides is 3. The lowest BCUT2D eigenvalue weighted by Gasteiger charge is -2.40. The fourth-order valence-electron chi connectivity index (χ4n) is 2.44. The summed E-state index contributed by atoms with van der Waals surface area (Å²) in [6, 6.07) is -0.650. The molecule has 33 heavy (non-hydrogen) atoms. The average Bonchev–Trinajstić information content (AvgIpc) is 3.10. The lowest BCUT2D eigenvalue weighted by Crippen LogP contribution is -2.44. The topological polar surface area (TPSA) is 92.1 Å². The lowest BCUT2D eigenvalue weighted by molar-refractivity contribution is -0.137. The van der Waals surface area contributed by atoms with E-state index >= 15 is 0 Å². The van der Waals surface area contributed by atoms with E-state index in [-0.39, 0.29) is 18.1 Å². The van der Waals surface area contributed by atoms with Gasteiger partial charge in [0, 0.05) is 17.8 Å². The lowest BCUT2D eigenvalue weighted by atomic mass is 10.1. The number of carbonyl (C=O) groups excluding carboxylic acids is 1. The minimum atomic E-state index is -10.4. The maximum absolute atomic E-state index is 13.1. The number of halogens is 8. The summed E-state index contributed by atoms with van der Waals surface area (Å²) in [6.07, 6.45) is -3.42. The summed E-state index contributed by atoms with van der Waals surface area (Å²) in [5.74, 6) is -1.37. The van der Waals surface area contributed by atoms with Crippen molar-refractivity contribution in [2.24, 2.45) is 5.92 Å². The van der Waals surface area contributed by atoms with E-state index in [9.17, 15) is 42.5 Å². The number of hydrazine groups is 1. The fourth-order valence-corrected chi connectivity index (χ4v) is 3.14. The van der Waals surface area contributed by atoms with Crippen LogP contribution in [0, 0.1) is 5.92 Å². The van der Waals surface area contributed by atoms with Crippen LogP contribution < -0.4 is 10.9 Å². The van der Waals surface area contributed by atoms with Gasteiger partial charge in [-0.05, 0) is 30.5 Å². The van der Waals surface area contributed by atoms with Crippen LogP contribution in [0.25, 0.3) is 17.6 Å². The monoisotopic (exact) mass is 509 g/mol. The Kier molecular flexibility index (Phi) is 6.63. The first-order valence-electron chi connectivity index (χ1n) is 9.04. The van der Waals surface area contributed by atoms with Crippen molar-refractivity contribution in [3.05, 3.63) is 36.2 Å². The van der Waals surface area contributed by atoms with Crippen LogP contribution in [-0.2, 0) is 11.0 Å². The highest BCUT2D eigenvalue weighted by Crippen LogP contribution is 3.02. The number of amides is 1. The molecule has 0 bridgehead atoms. The molecule has 1 aromatic heterocycles. The van der Waals surface area contributed by atoms with Crippen LogP contribution >= 0.6 is 10.2 Å². The molecule has 0 spiro atoms. The first-order valence-corrected chi connectivity index (χ1v) is 11.0. The number of aliphatic hydroxyl groups excluding tert-OH is 1. The van der Waals surface area contributed by atoms with E-state index in [4.69, 9.17) is 0 Å². The molecule has 1 heterocycles. The van der Waals surface area contributed by atoms with Gasteiger partial charge in [-0.25, -0.2) is 15.1 Å². The van der Waals surface area contributed by atoms with Crippen molar-refractivity contribution >= 4 is 22.3 Å². The Morgan fingerprint density at radius 1 is 1.18 bits per heavy atom. The van der Waals surface area contributed by atoms with Crippen molar-refractivity contribution in [3.63, 3.8) is 0 Å². The van der Waals surface area contributed by atoms with Gasteiger partial charge in [-0.15, -0.1) is 5.10 Å². The molecule has 1 unspecified atom stereocenters. The van der Waals surface area contributed by atoms with E-state index in [2.05, 4.69) is 20.9 Å². The molecule has 3 N–H and O–H groups in total. The standard InChI is InChI=1S/C17H19F8N5O2S/c1-10(2)5-15(32)28-27-14(31)3-4-30-9-26-16(29-30)11-6-12(17(18,19)20)8-13(7-11)33(21,22,23,24)25/h3-4,6-10,15,28,32H,5H2,1-2H3,(H,27,31)/b4-3-. The molecule has 0 saturated heterocycles. The van der Waals surface area contributed by atoms with Gasteiger partial charge in [-0.3, -0.25) is 10.2 Å². The SMILES string of the molecule is CC(C)CC(O)NNC(=O)/C=C\n1cnc(-c2cc(C(F)(F)F)cc(S(F)(F)(F)(F)F)c2)n1. The van der Waals surface area contributed by atoms with Crippen molar-refractivity contribution in [2.75, 3.05) is 0 Å². The molecule has 16 heteroatoms. The van der Waals surface area contributed by atoms with E-state index in [1.165, 1.54) is 0 Å². The summed E-state index contributed by atoms with van der Waals surface area (Å²) in [5.41, 5.74) is 1.53. The molecule has 186 valence electrons. The van der Waals surface area contributed by atoms with Crippen LogP contribution in [0.2, 0.25) is 0 Å². The summed E-state index contributed by atoms with van der Waals surface area (Å²) in [4.78, 5) is 12.5. The summed E-state index contributed by atoms with van der Waals surface area (Å²) >= 11 is 0. The molecular formula is C17H19F8N5O2S. The molecule has 0 aliphatic heterocycles. The number of benzene rings is 1. The Labute approximate surface area is 182 Å². The molecular weight excluding hydrogens is 490 g/mol. The van der Waals surface area contributed by atoms with Crippen molar-refractivity contribution < 1.29 is 42.5 Å². The maximum Gasteiger partial charge on any atom is 0.416 e. The predicted octanol–water partition coefficient (Wildman–Crippen LogP) is 5.08. The number of hydrogen-bond donors (Lipinski definition) is 3. The third-order valence-corrected chi connectivity index (χ3v) is 5.01. The Morgan fingerprint density at radius 2 is 1.82 bits per heavy atom. The van der Waals surface area contributed by atoms with Crippen molar-refractivity contribution in [1.29, 1.82) is 0 Å². The highest BCUT2D eigenvalue weighted by molar-refractivity contribution is 8.45. The van der Waals surface area contributed by atoms with Crippen LogP contribution in [-0.4, -0.2) is 32.0 Å². The van der Waals surface area contributed by atoms with Gasteiger partial charge in [0.05, 0.1) is 5.56 Å². The number of hydrogen-bond acceptors (Lipinski definition) is 5. The van der Waals surface area contributed by atoms with Crippen LogP contribution in [0.15, 0.2) is 35.5 Å². The maximum atomic E-state index is 13.1. The van der Waals surface area contributed by atoms with Gasteiger partial charge < -0.3 is 5.11 Å². The normalized spacial score (nSPS) is 16.0. The van der Waals surface area contributed by atoms with Gasteiger partial charge in [0.15, 0.2) is 5.82 Å². The van der Waals surface area contributed by atoms with Gasteiger partial charge in [-0.2, -0.15) is 13.2 Å². The number of aromatic nitrogens is 3. The molecule has 7 nitrogen and oxygen atoms in total. The Bertz CT molecular complexity index is 1050. The van der Waals surface area contributed by atoms with Gasteiger partial charge in [0.2, 0.25) is 0 Å². The second-order valence-electron chi connectivity index (χ2n) is 7.36. The minimum Gasteiger partial charge on any atom is -0.377 e. The average molecular weight is 509 g/mol. The molecule has 0 saturated carbocycles. The first-order chi connectivity index (χ1) is 14.7. The summed E-state index contributed by atoms with van der Waals surface area (Å²) < 4.78 is 105. The zero-order chi connectivity index (χ0) is 25.3. The Hall–Kier alpha value is -2.72. The molecule has 2 rings (SSSR count). The number of nitrogens with one attached hydrogen (secondary N) is 2. The van der Waals surface area contributed by atoms with E-state index in [1.54, 1.807) is 0 Å². The minimum absolute atomic E-state index is 0.129.